The van der Waals surface area contributed by atoms with E-state index in [2.05, 4.69) is 21.2 Å². The highest BCUT2D eigenvalue weighted by Crippen LogP contribution is 2.35. The Balaban J connectivity index is 1.44. The van der Waals surface area contributed by atoms with Crippen molar-refractivity contribution in [3.63, 3.8) is 0 Å². The molecule has 12 nitrogen and oxygen atoms in total. The Kier molecular flexibility index (Phi) is 10.1. The second-order valence-electron chi connectivity index (χ2n) is 10.2. The number of aliphatic hydroxyl groups excluding tert-OH is 1. The minimum Gasteiger partial charge on any atom is -0.490 e. The number of nitrogens with zero attached hydrogens (tertiary/aromatic N) is 2. The molecule has 0 spiro atoms. The summed E-state index contributed by atoms with van der Waals surface area (Å²) in [7, 11) is 1.27. The van der Waals surface area contributed by atoms with Crippen LogP contribution in [0.25, 0.3) is 5.69 Å². The predicted octanol–water partition coefficient (Wildman–Crippen LogP) is 3.82. The average molecular weight is 604 g/mol. The van der Waals surface area contributed by atoms with Crippen LogP contribution in [0.3, 0.4) is 0 Å². The highest BCUT2D eigenvalue weighted by atomic mass is 16.5. The van der Waals surface area contributed by atoms with Gasteiger partial charge >= 0.3 is 12.0 Å². The highest BCUT2D eigenvalue weighted by Gasteiger charge is 2.32. The van der Waals surface area contributed by atoms with Gasteiger partial charge in [0.2, 0.25) is 0 Å². The van der Waals surface area contributed by atoms with E-state index < -0.39 is 24.3 Å². The zero-order chi connectivity index (χ0) is 32.0. The summed E-state index contributed by atoms with van der Waals surface area (Å²) >= 11 is 0. The van der Waals surface area contributed by atoms with Gasteiger partial charge in [-0.1, -0.05) is 18.2 Å². The fourth-order valence-corrected chi connectivity index (χ4v) is 4.99. The van der Waals surface area contributed by atoms with Gasteiger partial charge in [-0.05, 0) is 70.5 Å². The summed E-state index contributed by atoms with van der Waals surface area (Å²) in [5, 5.41) is 20.0. The monoisotopic (exact) mass is 603 g/mol. The largest absolute Gasteiger partial charge is 0.490 e. The number of methoxy groups -OCH3 is 1. The van der Waals surface area contributed by atoms with Gasteiger partial charge in [-0.3, -0.25) is 10.2 Å². The summed E-state index contributed by atoms with van der Waals surface area (Å²) in [6.45, 7) is 9.08. The molecule has 2 aromatic carbocycles. The number of nitrogens with one attached hydrogen (secondary N) is 3. The number of aliphatic hydroxyl groups is 1. The van der Waals surface area contributed by atoms with E-state index in [0.29, 0.717) is 34.9 Å². The number of ether oxygens (including phenoxy) is 3. The molecule has 1 aromatic heterocycles. The smallest absolute Gasteiger partial charge is 0.337 e. The van der Waals surface area contributed by atoms with E-state index in [9.17, 15) is 19.5 Å². The van der Waals surface area contributed by atoms with Crippen LogP contribution in [0, 0.1) is 13.8 Å². The Bertz CT molecular complexity index is 1620. The Morgan fingerprint density at radius 3 is 2.59 bits per heavy atom. The SMILES string of the molecule is CCOc1cc([C@@H]2NC(=O)NC(C)=C2C(=O)OC)ccc1OC[C@H](O)N/N=C\c1cc(C)n(-c2cccc(C(C)=O)c2)c1C. The van der Waals surface area contributed by atoms with Crippen LogP contribution >= 0.6 is 0 Å². The van der Waals surface area contributed by atoms with Crippen molar-refractivity contribution in [2.75, 3.05) is 20.3 Å². The Hall–Kier alpha value is -5.10. The fourth-order valence-electron chi connectivity index (χ4n) is 4.99. The molecule has 1 aliphatic rings. The quantitative estimate of drug-likeness (QED) is 0.0802. The van der Waals surface area contributed by atoms with Crippen molar-refractivity contribution >= 4 is 24.0 Å². The third-order valence-corrected chi connectivity index (χ3v) is 7.08. The summed E-state index contributed by atoms with van der Waals surface area (Å²) in [6, 6.07) is 13.2. The number of carbonyl (C=O) groups is 3. The lowest BCUT2D eigenvalue weighted by Crippen LogP contribution is -2.45. The second-order valence-corrected chi connectivity index (χ2v) is 10.2. The van der Waals surface area contributed by atoms with Crippen molar-refractivity contribution in [3.05, 3.63) is 87.9 Å². The number of Topliss-reactive ketones (excluding diaryl/α,β-unsaturated/α-hetero) is 1. The van der Waals surface area contributed by atoms with E-state index in [1.165, 1.54) is 14.0 Å². The number of rotatable bonds is 12. The molecular weight excluding hydrogens is 566 g/mol. The first-order chi connectivity index (χ1) is 21.0. The maximum atomic E-state index is 12.4. The maximum Gasteiger partial charge on any atom is 0.337 e. The minimum atomic E-state index is -1.14. The fraction of sp³-hybridized carbons (Fsp3) is 0.312. The molecule has 0 saturated carbocycles. The van der Waals surface area contributed by atoms with Crippen molar-refractivity contribution < 1.29 is 33.7 Å². The van der Waals surface area contributed by atoms with E-state index in [1.54, 1.807) is 37.4 Å². The van der Waals surface area contributed by atoms with Gasteiger partial charge in [0, 0.05) is 33.9 Å². The molecule has 0 bridgehead atoms. The first-order valence-electron chi connectivity index (χ1n) is 14.1. The standard InChI is InChI=1S/C32H37N5O7/c1-7-43-27-15-23(30-29(31(40)42-6)19(3)34-32(41)35-30)11-12-26(27)44-17-28(39)36-33-16-24-13-18(2)37(20(24)4)25-10-8-9-22(14-25)21(5)38/h8-16,28,30,36,39H,7,17H2,1-6H3,(H2,34,35,41)/b33-16-/t28-,30-/m0/s1. The summed E-state index contributed by atoms with van der Waals surface area (Å²) < 4.78 is 18.5. The zero-order valence-electron chi connectivity index (χ0n) is 25.6. The molecule has 3 aromatic rings. The molecule has 2 atom stereocenters. The molecule has 12 heteroatoms. The van der Waals surface area contributed by atoms with Crippen LogP contribution in [0.4, 0.5) is 4.79 Å². The van der Waals surface area contributed by atoms with Crippen molar-refractivity contribution in [2.24, 2.45) is 5.10 Å². The van der Waals surface area contributed by atoms with Gasteiger partial charge in [-0.25, -0.2) is 9.59 Å². The number of hydrogen-bond donors (Lipinski definition) is 4. The average Bonchev–Trinajstić information content (AvgIpc) is 3.28. The van der Waals surface area contributed by atoms with Crippen molar-refractivity contribution in [2.45, 2.75) is 46.9 Å². The number of ketones is 1. The minimum absolute atomic E-state index is 0.00367. The molecule has 0 unspecified atom stereocenters. The zero-order valence-corrected chi connectivity index (χ0v) is 25.6. The normalized spacial score (nSPS) is 15.4. The van der Waals surface area contributed by atoms with Crippen LogP contribution in [-0.4, -0.2) is 60.2 Å². The number of carbonyl (C=O) groups excluding carboxylic acids is 3. The van der Waals surface area contributed by atoms with Crippen molar-refractivity contribution in [3.8, 4) is 17.2 Å². The summed E-state index contributed by atoms with van der Waals surface area (Å²) in [6.07, 6.45) is 0.468. The maximum absolute atomic E-state index is 12.4. The number of aromatic nitrogens is 1. The lowest BCUT2D eigenvalue weighted by molar-refractivity contribution is -0.136. The molecule has 1 aliphatic heterocycles. The van der Waals surface area contributed by atoms with Crippen LogP contribution in [0.5, 0.6) is 11.5 Å². The highest BCUT2D eigenvalue weighted by molar-refractivity contribution is 5.95. The van der Waals surface area contributed by atoms with Gasteiger partial charge in [0.1, 0.15) is 6.61 Å². The molecule has 0 saturated heterocycles. The molecule has 0 radical (unpaired) electrons. The van der Waals surface area contributed by atoms with Gasteiger partial charge in [-0.2, -0.15) is 5.10 Å². The van der Waals surface area contributed by atoms with E-state index in [-0.39, 0.29) is 18.0 Å². The molecule has 0 aliphatic carbocycles. The number of hydrogen-bond acceptors (Lipinski definition) is 9. The van der Waals surface area contributed by atoms with E-state index in [1.807, 2.05) is 49.6 Å². The van der Waals surface area contributed by atoms with Gasteiger partial charge in [-0.15, -0.1) is 0 Å². The van der Waals surface area contributed by atoms with Crippen LogP contribution in [0.2, 0.25) is 0 Å². The van der Waals surface area contributed by atoms with Gasteiger partial charge in [0.15, 0.2) is 23.5 Å². The van der Waals surface area contributed by atoms with Crippen LogP contribution in [0.15, 0.2) is 64.9 Å². The van der Waals surface area contributed by atoms with E-state index in [0.717, 1.165) is 22.6 Å². The topological polar surface area (TPSA) is 153 Å². The van der Waals surface area contributed by atoms with E-state index >= 15 is 0 Å². The molecule has 2 heterocycles. The van der Waals surface area contributed by atoms with Gasteiger partial charge in [0.05, 0.1) is 31.5 Å². The number of allylic oxidation sites excluding steroid dienone is 1. The Labute approximate surface area is 255 Å². The van der Waals surface area contributed by atoms with Crippen molar-refractivity contribution in [1.82, 2.24) is 20.6 Å². The summed E-state index contributed by atoms with van der Waals surface area (Å²) in [5.41, 5.74) is 8.15. The Morgan fingerprint density at radius 1 is 1.11 bits per heavy atom. The molecule has 232 valence electrons. The number of aryl methyl sites for hydroxylation is 1. The third-order valence-electron chi connectivity index (χ3n) is 7.08. The van der Waals surface area contributed by atoms with E-state index in [4.69, 9.17) is 14.2 Å². The molecule has 2 amide bonds. The molecule has 4 rings (SSSR count). The molecule has 44 heavy (non-hydrogen) atoms. The lowest BCUT2D eigenvalue weighted by atomic mass is 9.95. The Morgan fingerprint density at radius 2 is 1.89 bits per heavy atom. The number of esters is 1. The van der Waals surface area contributed by atoms with Gasteiger partial charge in [0.25, 0.3) is 0 Å². The number of hydrazone groups is 1. The number of urea groups is 1. The first kappa shape index (κ1) is 31.8. The molecule has 4 N–H and O–H groups in total. The third kappa shape index (κ3) is 7.09. The number of amides is 2. The summed E-state index contributed by atoms with van der Waals surface area (Å²) in [5.74, 6) is 0.155. The van der Waals surface area contributed by atoms with Crippen LogP contribution in [0.1, 0.15) is 59.7 Å². The molecular formula is C32H37N5O7. The van der Waals surface area contributed by atoms with Crippen molar-refractivity contribution in [1.29, 1.82) is 0 Å². The molecule has 0 fully saturated rings. The number of benzene rings is 2. The predicted molar refractivity (Wildman–Crippen MR) is 164 cm³/mol. The van der Waals surface area contributed by atoms with Crippen LogP contribution < -0.4 is 25.5 Å². The lowest BCUT2D eigenvalue weighted by Gasteiger charge is -2.28. The summed E-state index contributed by atoms with van der Waals surface area (Å²) in [4.78, 5) is 36.4. The second kappa shape index (κ2) is 13.9. The first-order valence-corrected chi connectivity index (χ1v) is 14.1. The van der Waals surface area contributed by atoms with Gasteiger partial charge < -0.3 is 34.5 Å². The van der Waals surface area contributed by atoms with Crippen LogP contribution in [-0.2, 0) is 9.53 Å².